The fourth-order valence-corrected chi connectivity index (χ4v) is 2.14. The summed E-state index contributed by atoms with van der Waals surface area (Å²) in [6, 6.07) is 3.67. The highest BCUT2D eigenvalue weighted by Crippen LogP contribution is 2.21. The number of sulfonamides is 1. The molecular formula is C9H11ClFNO4S. The van der Waals surface area contributed by atoms with Crippen molar-refractivity contribution in [2.45, 2.75) is 4.90 Å². The number of benzene rings is 1. The normalized spacial score (nSPS) is 11.7. The summed E-state index contributed by atoms with van der Waals surface area (Å²) in [6.07, 6.45) is 0. The van der Waals surface area contributed by atoms with Crippen molar-refractivity contribution in [3.63, 3.8) is 0 Å². The molecule has 0 saturated heterocycles. The van der Waals surface area contributed by atoms with E-state index in [9.17, 15) is 12.8 Å². The Balaban J connectivity index is 2.79. The van der Waals surface area contributed by atoms with E-state index in [0.717, 1.165) is 6.07 Å². The molecule has 0 heterocycles. The molecule has 0 unspecified atom stereocenters. The number of methoxy groups -OCH3 is 1. The second-order valence-corrected chi connectivity index (χ2v) is 5.00. The van der Waals surface area contributed by atoms with Crippen LogP contribution in [-0.2, 0) is 19.6 Å². The lowest BCUT2D eigenvalue weighted by molar-refractivity contribution is 0.0437. The maximum Gasteiger partial charge on any atom is 0.265 e. The number of rotatable bonds is 6. The molecule has 0 aliphatic rings. The van der Waals surface area contributed by atoms with Gasteiger partial charge in [0.05, 0.1) is 18.2 Å². The van der Waals surface area contributed by atoms with Gasteiger partial charge in [0.2, 0.25) is 0 Å². The Hall–Kier alpha value is -0.730. The standard InChI is InChI=1S/C9H11ClFNO4S/c1-15-5-6-16-12-17(13,14)8-4-2-3-7(10)9(8)11/h2-4,12H,5-6H2,1H3. The van der Waals surface area contributed by atoms with E-state index in [1.807, 2.05) is 0 Å². The van der Waals surface area contributed by atoms with Crippen LogP contribution in [0.15, 0.2) is 23.1 Å². The van der Waals surface area contributed by atoms with Crippen molar-refractivity contribution >= 4 is 21.6 Å². The molecule has 5 nitrogen and oxygen atoms in total. The van der Waals surface area contributed by atoms with Gasteiger partial charge in [-0.15, -0.1) is 0 Å². The topological polar surface area (TPSA) is 64.6 Å². The Morgan fingerprint density at radius 2 is 2.12 bits per heavy atom. The fraction of sp³-hybridized carbons (Fsp3) is 0.333. The van der Waals surface area contributed by atoms with Gasteiger partial charge < -0.3 is 4.74 Å². The van der Waals surface area contributed by atoms with E-state index in [2.05, 4.69) is 9.57 Å². The van der Waals surface area contributed by atoms with Crippen LogP contribution in [0, 0.1) is 5.82 Å². The third-order valence-corrected chi connectivity index (χ3v) is 3.29. The van der Waals surface area contributed by atoms with Crippen molar-refractivity contribution in [2.75, 3.05) is 20.3 Å². The SMILES string of the molecule is COCCONS(=O)(=O)c1cccc(Cl)c1F. The number of hydrogen-bond acceptors (Lipinski definition) is 4. The lowest BCUT2D eigenvalue weighted by Crippen LogP contribution is -2.26. The second kappa shape index (κ2) is 6.27. The number of hydrogen-bond donors (Lipinski definition) is 1. The second-order valence-electron chi connectivity index (χ2n) is 2.98. The van der Waals surface area contributed by atoms with Crippen molar-refractivity contribution in [1.82, 2.24) is 4.89 Å². The molecule has 17 heavy (non-hydrogen) atoms. The van der Waals surface area contributed by atoms with Crippen LogP contribution < -0.4 is 4.89 Å². The first-order chi connectivity index (χ1) is 7.99. The third-order valence-electron chi connectivity index (χ3n) is 1.76. The molecule has 0 aliphatic heterocycles. The molecule has 0 atom stereocenters. The average Bonchev–Trinajstić information content (AvgIpc) is 2.28. The van der Waals surface area contributed by atoms with Gasteiger partial charge in [-0.3, -0.25) is 4.84 Å². The molecule has 1 N–H and O–H groups in total. The zero-order valence-electron chi connectivity index (χ0n) is 8.94. The van der Waals surface area contributed by atoms with E-state index in [0.29, 0.717) is 0 Å². The zero-order chi connectivity index (χ0) is 12.9. The van der Waals surface area contributed by atoms with Crippen LogP contribution in [0.4, 0.5) is 4.39 Å². The van der Waals surface area contributed by atoms with Gasteiger partial charge >= 0.3 is 0 Å². The van der Waals surface area contributed by atoms with E-state index in [1.54, 1.807) is 4.89 Å². The monoisotopic (exact) mass is 283 g/mol. The van der Waals surface area contributed by atoms with Gasteiger partial charge in [-0.05, 0) is 12.1 Å². The summed E-state index contributed by atoms with van der Waals surface area (Å²) < 4.78 is 41.3. The molecule has 0 aliphatic carbocycles. The van der Waals surface area contributed by atoms with Crippen LogP contribution in [0.25, 0.3) is 0 Å². The van der Waals surface area contributed by atoms with Gasteiger partial charge in [0.25, 0.3) is 10.0 Å². The van der Waals surface area contributed by atoms with Crippen molar-refractivity contribution in [3.8, 4) is 0 Å². The molecule has 96 valence electrons. The highest BCUT2D eigenvalue weighted by molar-refractivity contribution is 7.89. The summed E-state index contributed by atoms with van der Waals surface area (Å²) in [5.41, 5.74) is 0. The van der Waals surface area contributed by atoms with E-state index < -0.39 is 20.7 Å². The first kappa shape index (κ1) is 14.3. The molecule has 1 aromatic rings. The zero-order valence-corrected chi connectivity index (χ0v) is 10.5. The van der Waals surface area contributed by atoms with Gasteiger partial charge in [0.1, 0.15) is 4.90 Å². The molecule has 1 rings (SSSR count). The molecule has 0 fully saturated rings. The molecule has 0 radical (unpaired) electrons. The Morgan fingerprint density at radius 1 is 1.41 bits per heavy atom. The Morgan fingerprint density at radius 3 is 2.76 bits per heavy atom. The minimum Gasteiger partial charge on any atom is -0.382 e. The molecule has 0 amide bonds. The number of ether oxygens (including phenoxy) is 1. The molecule has 0 saturated carbocycles. The van der Waals surface area contributed by atoms with Crippen molar-refractivity contribution in [1.29, 1.82) is 0 Å². The lowest BCUT2D eigenvalue weighted by Gasteiger charge is -2.08. The number of halogens is 2. The van der Waals surface area contributed by atoms with Crippen LogP contribution in [0.1, 0.15) is 0 Å². The summed E-state index contributed by atoms with van der Waals surface area (Å²) in [7, 11) is -2.64. The highest BCUT2D eigenvalue weighted by atomic mass is 35.5. The summed E-state index contributed by atoms with van der Waals surface area (Å²) >= 11 is 5.48. The van der Waals surface area contributed by atoms with Crippen molar-refractivity contribution in [2.24, 2.45) is 0 Å². The van der Waals surface area contributed by atoms with Gasteiger partial charge in [0.15, 0.2) is 5.82 Å². The lowest BCUT2D eigenvalue weighted by atomic mass is 10.3. The largest absolute Gasteiger partial charge is 0.382 e. The summed E-state index contributed by atoms with van der Waals surface area (Å²) in [6.45, 7) is 0.221. The minimum absolute atomic E-state index is 0.0118. The predicted octanol–water partition coefficient (Wildman–Crippen LogP) is 1.34. The predicted molar refractivity (Wildman–Crippen MR) is 59.6 cm³/mol. The van der Waals surface area contributed by atoms with Crippen LogP contribution in [-0.4, -0.2) is 28.7 Å². The van der Waals surface area contributed by atoms with E-state index in [-0.39, 0.29) is 18.2 Å². The fourth-order valence-electron chi connectivity index (χ4n) is 0.981. The molecular weight excluding hydrogens is 273 g/mol. The van der Waals surface area contributed by atoms with Crippen molar-refractivity contribution in [3.05, 3.63) is 29.0 Å². The average molecular weight is 284 g/mol. The first-order valence-electron chi connectivity index (χ1n) is 4.55. The molecule has 8 heteroatoms. The van der Waals surface area contributed by atoms with Gasteiger partial charge in [-0.1, -0.05) is 22.6 Å². The molecule has 0 spiro atoms. The third kappa shape index (κ3) is 3.90. The number of nitrogens with one attached hydrogen (secondary N) is 1. The maximum atomic E-state index is 13.4. The van der Waals surface area contributed by atoms with Gasteiger partial charge in [-0.2, -0.15) is 0 Å². The Labute approximate surface area is 103 Å². The summed E-state index contributed by atoms with van der Waals surface area (Å²) in [5.74, 6) is -1.02. The minimum atomic E-state index is -4.08. The van der Waals surface area contributed by atoms with Crippen LogP contribution >= 0.6 is 11.6 Å². The van der Waals surface area contributed by atoms with E-state index in [1.165, 1.54) is 19.2 Å². The molecule has 1 aromatic carbocycles. The first-order valence-corrected chi connectivity index (χ1v) is 6.41. The van der Waals surface area contributed by atoms with Crippen LogP contribution in [0.3, 0.4) is 0 Å². The van der Waals surface area contributed by atoms with Crippen LogP contribution in [0.5, 0.6) is 0 Å². The van der Waals surface area contributed by atoms with Crippen LogP contribution in [0.2, 0.25) is 5.02 Å². The summed E-state index contributed by atoms with van der Waals surface area (Å²) in [4.78, 5) is 5.82. The Bertz CT molecular complexity index is 480. The molecule has 0 bridgehead atoms. The quantitative estimate of drug-likeness (QED) is 0.632. The van der Waals surface area contributed by atoms with E-state index >= 15 is 0 Å². The smallest absolute Gasteiger partial charge is 0.265 e. The Kier molecular flexibility index (Phi) is 5.29. The van der Waals surface area contributed by atoms with Gasteiger partial charge in [0, 0.05) is 7.11 Å². The van der Waals surface area contributed by atoms with Gasteiger partial charge in [-0.25, -0.2) is 12.8 Å². The van der Waals surface area contributed by atoms with Crippen molar-refractivity contribution < 1.29 is 22.4 Å². The highest BCUT2D eigenvalue weighted by Gasteiger charge is 2.20. The maximum absolute atomic E-state index is 13.4. The van der Waals surface area contributed by atoms with E-state index in [4.69, 9.17) is 11.6 Å². The summed E-state index contributed by atoms with van der Waals surface area (Å²) in [5, 5.41) is -0.273. The molecule has 0 aromatic heterocycles.